The quantitative estimate of drug-likeness (QED) is 0.0261. The molecule has 1 unspecified atom stereocenters. The zero-order valence-corrected chi connectivity index (χ0v) is 50.5. The van der Waals surface area contributed by atoms with Gasteiger partial charge in [-0.2, -0.15) is 0 Å². The summed E-state index contributed by atoms with van der Waals surface area (Å²) in [7, 11) is 0. The molecule has 0 saturated carbocycles. The topological polar surface area (TPSA) is 78.9 Å². The van der Waals surface area contributed by atoms with Crippen molar-refractivity contribution in [3.63, 3.8) is 0 Å². The molecule has 0 aromatic heterocycles. The van der Waals surface area contributed by atoms with Crippen LogP contribution in [0, 0.1) is 0 Å². The maximum Gasteiger partial charge on any atom is 0.306 e. The van der Waals surface area contributed by atoms with Crippen LogP contribution in [0.25, 0.3) is 0 Å². The summed E-state index contributed by atoms with van der Waals surface area (Å²) >= 11 is 0. The lowest BCUT2D eigenvalue weighted by molar-refractivity contribution is -0.167. The lowest BCUT2D eigenvalue weighted by Crippen LogP contribution is -2.30. The molecule has 0 aromatic carbocycles. The fourth-order valence-electron chi connectivity index (χ4n) is 9.42. The number of carbonyl (C=O) groups is 3. The summed E-state index contributed by atoms with van der Waals surface area (Å²) in [5.74, 6) is -0.883. The molecule has 0 saturated heterocycles. The summed E-state index contributed by atoms with van der Waals surface area (Å²) in [5.41, 5.74) is 0. The molecule has 0 bridgehead atoms. The van der Waals surface area contributed by atoms with Gasteiger partial charge in [-0.05, 0) is 116 Å². The van der Waals surface area contributed by atoms with Crippen molar-refractivity contribution in [1.82, 2.24) is 0 Å². The predicted octanol–water partition coefficient (Wildman–Crippen LogP) is 22.5. The van der Waals surface area contributed by atoms with Crippen molar-refractivity contribution in [1.29, 1.82) is 0 Å². The minimum absolute atomic E-state index is 0.0804. The molecule has 0 aliphatic carbocycles. The van der Waals surface area contributed by atoms with Crippen LogP contribution >= 0.6 is 0 Å². The third kappa shape index (κ3) is 61.7. The van der Waals surface area contributed by atoms with Gasteiger partial charge in [0, 0.05) is 19.3 Å². The molecule has 6 heteroatoms. The van der Waals surface area contributed by atoms with E-state index in [1.54, 1.807) is 0 Å². The third-order valence-electron chi connectivity index (χ3n) is 14.4. The number of esters is 3. The Morgan fingerprint density at radius 1 is 0.263 bits per heavy atom. The summed E-state index contributed by atoms with van der Waals surface area (Å²) in [6.45, 7) is 6.62. The van der Waals surface area contributed by atoms with Gasteiger partial charge in [0.05, 0.1) is 0 Å². The zero-order valence-electron chi connectivity index (χ0n) is 50.5. The standard InChI is InChI=1S/C70H124O6/c1-4-7-10-13-16-19-22-25-27-29-31-33-34-35-36-38-39-41-43-45-48-51-54-57-60-63-69(72)75-66-67(65-74-68(71)62-59-56-53-50-47-24-21-18-15-12-9-6-3)76-70(73)64-61-58-55-52-49-46-44-42-40-37-32-30-28-26-23-20-17-14-11-8-5-2/h18,21-23,25-26,29-32,34-35,67H,4-17,19-20,24,27-28,33,36-66H2,1-3H3/b21-18-,25-22-,26-23-,31-29-,32-30-,35-34-. The van der Waals surface area contributed by atoms with Crippen molar-refractivity contribution in [2.75, 3.05) is 13.2 Å². The summed E-state index contributed by atoms with van der Waals surface area (Å²) in [4.78, 5) is 38.3. The largest absolute Gasteiger partial charge is 0.462 e. The van der Waals surface area contributed by atoms with Crippen molar-refractivity contribution in [3.05, 3.63) is 72.9 Å². The first kappa shape index (κ1) is 72.8. The molecular weight excluding hydrogens is 937 g/mol. The molecule has 1 atom stereocenters. The van der Waals surface area contributed by atoms with Crippen LogP contribution in [-0.4, -0.2) is 37.2 Å². The van der Waals surface area contributed by atoms with Crippen molar-refractivity contribution in [2.24, 2.45) is 0 Å². The Labute approximate surface area is 472 Å². The Morgan fingerprint density at radius 3 is 0.776 bits per heavy atom. The summed E-state index contributed by atoms with van der Waals surface area (Å²) in [5, 5.41) is 0. The second-order valence-corrected chi connectivity index (χ2v) is 22.0. The van der Waals surface area contributed by atoms with Crippen LogP contribution in [0.3, 0.4) is 0 Å². The molecule has 0 amide bonds. The average molecular weight is 1060 g/mol. The number of rotatable bonds is 60. The van der Waals surface area contributed by atoms with Crippen LogP contribution in [0.1, 0.15) is 335 Å². The molecule has 76 heavy (non-hydrogen) atoms. The Bertz CT molecular complexity index is 1400. The average Bonchev–Trinajstić information content (AvgIpc) is 3.42. The second-order valence-electron chi connectivity index (χ2n) is 22.0. The molecule has 0 rings (SSSR count). The Morgan fingerprint density at radius 2 is 0.474 bits per heavy atom. The van der Waals surface area contributed by atoms with Gasteiger partial charge in [-0.3, -0.25) is 14.4 Å². The van der Waals surface area contributed by atoms with Crippen molar-refractivity contribution < 1.29 is 28.6 Å². The number of hydrogen-bond donors (Lipinski definition) is 0. The maximum absolute atomic E-state index is 12.9. The first-order valence-electron chi connectivity index (χ1n) is 32.9. The van der Waals surface area contributed by atoms with Gasteiger partial charge >= 0.3 is 17.9 Å². The number of hydrogen-bond acceptors (Lipinski definition) is 6. The highest BCUT2D eigenvalue weighted by Gasteiger charge is 2.19. The fraction of sp³-hybridized carbons (Fsp3) is 0.786. The SMILES string of the molecule is CCCCC/C=C\CCCCCCCC(=O)OCC(COC(=O)CCCCCCCCCCCC/C=C\C/C=C\C/C=C\CCCCCCC)OC(=O)CCCCCCCCCCC/C=C\C/C=C\CCCCCCC. The van der Waals surface area contributed by atoms with Gasteiger partial charge in [0.2, 0.25) is 0 Å². The van der Waals surface area contributed by atoms with Crippen molar-refractivity contribution >= 4 is 17.9 Å². The van der Waals surface area contributed by atoms with Crippen molar-refractivity contribution in [3.8, 4) is 0 Å². The lowest BCUT2D eigenvalue weighted by atomic mass is 10.0. The van der Waals surface area contributed by atoms with Gasteiger partial charge in [0.25, 0.3) is 0 Å². The highest BCUT2D eigenvalue weighted by atomic mass is 16.6. The van der Waals surface area contributed by atoms with E-state index in [-0.39, 0.29) is 31.1 Å². The monoisotopic (exact) mass is 1060 g/mol. The van der Waals surface area contributed by atoms with Crippen LogP contribution in [0.5, 0.6) is 0 Å². The van der Waals surface area contributed by atoms with Gasteiger partial charge in [-0.15, -0.1) is 0 Å². The van der Waals surface area contributed by atoms with Gasteiger partial charge < -0.3 is 14.2 Å². The minimum Gasteiger partial charge on any atom is -0.462 e. The minimum atomic E-state index is -0.784. The second kappa shape index (κ2) is 64.4. The smallest absolute Gasteiger partial charge is 0.306 e. The van der Waals surface area contributed by atoms with E-state index in [4.69, 9.17) is 14.2 Å². The van der Waals surface area contributed by atoms with E-state index < -0.39 is 6.10 Å². The highest BCUT2D eigenvalue weighted by molar-refractivity contribution is 5.71. The van der Waals surface area contributed by atoms with Gasteiger partial charge in [-0.1, -0.05) is 273 Å². The molecular formula is C70H124O6. The Kier molecular flexibility index (Phi) is 61.7. The van der Waals surface area contributed by atoms with Crippen LogP contribution in [-0.2, 0) is 28.6 Å². The van der Waals surface area contributed by atoms with E-state index in [1.165, 1.54) is 212 Å². The van der Waals surface area contributed by atoms with Crippen LogP contribution in [0.4, 0.5) is 0 Å². The third-order valence-corrected chi connectivity index (χ3v) is 14.4. The predicted molar refractivity (Wildman–Crippen MR) is 330 cm³/mol. The zero-order chi connectivity index (χ0) is 55.0. The van der Waals surface area contributed by atoms with Crippen molar-refractivity contribution in [2.45, 2.75) is 341 Å². The number of carbonyl (C=O) groups excluding carboxylic acids is 3. The van der Waals surface area contributed by atoms with E-state index in [0.717, 1.165) is 83.5 Å². The molecule has 0 spiro atoms. The normalized spacial score (nSPS) is 12.5. The molecule has 0 aromatic rings. The van der Waals surface area contributed by atoms with E-state index in [2.05, 4.69) is 93.7 Å². The number of allylic oxidation sites excluding steroid dienone is 12. The Balaban J connectivity index is 4.30. The molecule has 0 radical (unpaired) electrons. The van der Waals surface area contributed by atoms with E-state index in [1.807, 2.05) is 0 Å². The molecule has 0 heterocycles. The van der Waals surface area contributed by atoms with Gasteiger partial charge in [-0.25, -0.2) is 0 Å². The van der Waals surface area contributed by atoms with E-state index >= 15 is 0 Å². The van der Waals surface area contributed by atoms with Crippen LogP contribution in [0.15, 0.2) is 72.9 Å². The summed E-state index contributed by atoms with van der Waals surface area (Å²) < 4.78 is 16.9. The van der Waals surface area contributed by atoms with E-state index in [9.17, 15) is 14.4 Å². The van der Waals surface area contributed by atoms with Crippen LogP contribution < -0.4 is 0 Å². The fourth-order valence-corrected chi connectivity index (χ4v) is 9.42. The highest BCUT2D eigenvalue weighted by Crippen LogP contribution is 2.16. The summed E-state index contributed by atoms with van der Waals surface area (Å²) in [6.07, 6.45) is 83.4. The van der Waals surface area contributed by atoms with Gasteiger partial charge in [0.15, 0.2) is 6.10 Å². The summed E-state index contributed by atoms with van der Waals surface area (Å²) in [6, 6.07) is 0. The first-order valence-corrected chi connectivity index (χ1v) is 32.9. The molecule has 0 fully saturated rings. The maximum atomic E-state index is 12.9. The molecule has 0 aliphatic rings. The number of unbranched alkanes of at least 4 members (excludes halogenated alkanes) is 37. The van der Waals surface area contributed by atoms with Gasteiger partial charge in [0.1, 0.15) is 13.2 Å². The molecule has 6 nitrogen and oxygen atoms in total. The molecule has 440 valence electrons. The van der Waals surface area contributed by atoms with Crippen LogP contribution in [0.2, 0.25) is 0 Å². The molecule has 0 aliphatic heterocycles. The Hall–Kier alpha value is -3.15. The first-order chi connectivity index (χ1) is 37.5. The number of ether oxygens (including phenoxy) is 3. The van der Waals surface area contributed by atoms with E-state index in [0.29, 0.717) is 19.3 Å². The lowest BCUT2D eigenvalue weighted by Gasteiger charge is -2.18. The molecule has 0 N–H and O–H groups in total.